The van der Waals surface area contributed by atoms with E-state index in [2.05, 4.69) is 20.9 Å². The number of carbonyl (C=O) groups excluding carboxylic acids is 1. The maximum Gasteiger partial charge on any atom is 0.251 e. The van der Waals surface area contributed by atoms with E-state index in [0.29, 0.717) is 18.7 Å². The zero-order valence-corrected chi connectivity index (χ0v) is 15.2. The molecule has 0 atom stereocenters. The van der Waals surface area contributed by atoms with Crippen LogP contribution >= 0.6 is 0 Å². The molecular weight excluding hydrogens is 331 g/mol. The third-order valence-electron chi connectivity index (χ3n) is 3.97. The Morgan fingerprint density at radius 2 is 1.65 bits per heavy atom. The second-order valence-corrected chi connectivity index (χ2v) is 5.83. The van der Waals surface area contributed by atoms with Crippen LogP contribution < -0.4 is 16.0 Å². The van der Waals surface area contributed by atoms with Gasteiger partial charge < -0.3 is 16.0 Å². The van der Waals surface area contributed by atoms with Gasteiger partial charge in [0.25, 0.3) is 5.91 Å². The molecule has 0 aliphatic carbocycles. The SMILES string of the molecule is CN=C(NCCc1ccc(F)cc1)NCCc1cccc(C(=O)NC)c1. The molecule has 0 radical (unpaired) electrons. The van der Waals surface area contributed by atoms with Gasteiger partial charge in [0.1, 0.15) is 5.82 Å². The van der Waals surface area contributed by atoms with Gasteiger partial charge in [0.15, 0.2) is 5.96 Å². The van der Waals surface area contributed by atoms with Crippen molar-refractivity contribution in [3.63, 3.8) is 0 Å². The van der Waals surface area contributed by atoms with Crippen molar-refractivity contribution in [3.8, 4) is 0 Å². The molecule has 0 bridgehead atoms. The summed E-state index contributed by atoms with van der Waals surface area (Å²) in [6.07, 6.45) is 1.57. The highest BCUT2D eigenvalue weighted by Gasteiger charge is 2.04. The number of rotatable bonds is 7. The number of nitrogens with one attached hydrogen (secondary N) is 3. The second kappa shape index (κ2) is 10.2. The van der Waals surface area contributed by atoms with Gasteiger partial charge in [-0.2, -0.15) is 0 Å². The van der Waals surface area contributed by atoms with Crippen molar-refractivity contribution < 1.29 is 9.18 Å². The van der Waals surface area contributed by atoms with Crippen LogP contribution in [0.15, 0.2) is 53.5 Å². The largest absolute Gasteiger partial charge is 0.356 e. The number of aliphatic imine (C=N–C) groups is 1. The molecule has 0 saturated heterocycles. The molecule has 0 aliphatic heterocycles. The molecule has 0 aromatic heterocycles. The summed E-state index contributed by atoms with van der Waals surface area (Å²) >= 11 is 0. The summed E-state index contributed by atoms with van der Waals surface area (Å²) in [5.41, 5.74) is 2.81. The number of halogens is 1. The maximum absolute atomic E-state index is 12.9. The van der Waals surface area contributed by atoms with Crippen molar-refractivity contribution in [2.24, 2.45) is 4.99 Å². The highest BCUT2D eigenvalue weighted by Crippen LogP contribution is 2.06. The van der Waals surface area contributed by atoms with Crippen LogP contribution in [0.25, 0.3) is 0 Å². The number of carbonyl (C=O) groups is 1. The second-order valence-electron chi connectivity index (χ2n) is 5.83. The lowest BCUT2D eigenvalue weighted by Crippen LogP contribution is -2.39. The molecule has 1 amide bonds. The van der Waals surface area contributed by atoms with Crippen LogP contribution in [-0.4, -0.2) is 39.1 Å². The lowest BCUT2D eigenvalue weighted by atomic mass is 10.1. The number of nitrogens with zero attached hydrogens (tertiary/aromatic N) is 1. The molecule has 138 valence electrons. The minimum Gasteiger partial charge on any atom is -0.356 e. The van der Waals surface area contributed by atoms with Crippen LogP contribution in [0.3, 0.4) is 0 Å². The topological polar surface area (TPSA) is 65.5 Å². The number of hydrogen-bond acceptors (Lipinski definition) is 2. The van der Waals surface area contributed by atoms with E-state index in [1.54, 1.807) is 32.3 Å². The predicted octanol–water partition coefficient (Wildman–Crippen LogP) is 2.14. The molecular formula is C20H25FN4O. The summed E-state index contributed by atoms with van der Waals surface area (Å²) < 4.78 is 12.9. The third kappa shape index (κ3) is 6.20. The average molecular weight is 356 g/mol. The normalized spacial score (nSPS) is 11.1. The van der Waals surface area contributed by atoms with Gasteiger partial charge in [-0.25, -0.2) is 4.39 Å². The highest BCUT2D eigenvalue weighted by atomic mass is 19.1. The zero-order valence-electron chi connectivity index (χ0n) is 15.2. The van der Waals surface area contributed by atoms with Crippen LogP contribution in [0.2, 0.25) is 0 Å². The van der Waals surface area contributed by atoms with Gasteiger partial charge in [-0.1, -0.05) is 24.3 Å². The molecule has 0 saturated carbocycles. The summed E-state index contributed by atoms with van der Waals surface area (Å²) in [5.74, 6) is 0.410. The Labute approximate surface area is 153 Å². The Morgan fingerprint density at radius 3 is 2.27 bits per heavy atom. The van der Waals surface area contributed by atoms with Gasteiger partial charge in [-0.05, 0) is 48.2 Å². The Kier molecular flexibility index (Phi) is 7.61. The van der Waals surface area contributed by atoms with Crippen molar-refractivity contribution >= 4 is 11.9 Å². The first-order valence-electron chi connectivity index (χ1n) is 8.62. The number of guanidine groups is 1. The first-order chi connectivity index (χ1) is 12.6. The standard InChI is InChI=1S/C20H25FN4O/c1-22-19(26)17-5-3-4-16(14-17)11-13-25-20(23-2)24-12-10-15-6-8-18(21)9-7-15/h3-9,14H,10-13H2,1-2H3,(H,22,26)(H2,23,24,25). The smallest absolute Gasteiger partial charge is 0.251 e. The van der Waals surface area contributed by atoms with Gasteiger partial charge in [-0.15, -0.1) is 0 Å². The molecule has 2 aromatic carbocycles. The van der Waals surface area contributed by atoms with E-state index >= 15 is 0 Å². The van der Waals surface area contributed by atoms with E-state index in [4.69, 9.17) is 0 Å². The van der Waals surface area contributed by atoms with Crippen LogP contribution in [0, 0.1) is 5.82 Å². The molecule has 3 N–H and O–H groups in total. The van der Waals surface area contributed by atoms with Gasteiger partial charge in [0, 0.05) is 32.7 Å². The molecule has 0 unspecified atom stereocenters. The summed E-state index contributed by atoms with van der Waals surface area (Å²) in [5, 5.41) is 9.12. The third-order valence-corrected chi connectivity index (χ3v) is 3.97. The van der Waals surface area contributed by atoms with E-state index in [9.17, 15) is 9.18 Å². The van der Waals surface area contributed by atoms with Crippen molar-refractivity contribution in [3.05, 3.63) is 71.0 Å². The first kappa shape index (κ1) is 19.4. The number of amides is 1. The Hall–Kier alpha value is -2.89. The van der Waals surface area contributed by atoms with Crippen LogP contribution in [0.4, 0.5) is 4.39 Å². The molecule has 0 aliphatic rings. The highest BCUT2D eigenvalue weighted by molar-refractivity contribution is 5.94. The van der Waals surface area contributed by atoms with Crippen LogP contribution in [0.5, 0.6) is 0 Å². The van der Waals surface area contributed by atoms with Gasteiger partial charge in [0.2, 0.25) is 0 Å². The lowest BCUT2D eigenvalue weighted by molar-refractivity contribution is 0.0963. The van der Waals surface area contributed by atoms with Crippen molar-refractivity contribution in [2.45, 2.75) is 12.8 Å². The van der Waals surface area contributed by atoms with E-state index < -0.39 is 0 Å². The van der Waals surface area contributed by atoms with Crippen molar-refractivity contribution in [2.75, 3.05) is 27.2 Å². The molecule has 2 aromatic rings. The monoisotopic (exact) mass is 356 g/mol. The Bertz CT molecular complexity index is 744. The fourth-order valence-electron chi connectivity index (χ4n) is 2.53. The van der Waals surface area contributed by atoms with E-state index in [0.717, 1.165) is 29.9 Å². The fraction of sp³-hybridized carbons (Fsp3) is 0.300. The van der Waals surface area contributed by atoms with E-state index in [1.807, 2.05) is 18.2 Å². The molecule has 0 heterocycles. The van der Waals surface area contributed by atoms with E-state index in [1.165, 1.54) is 12.1 Å². The average Bonchev–Trinajstić information content (AvgIpc) is 2.67. The predicted molar refractivity (Wildman–Crippen MR) is 103 cm³/mol. The van der Waals surface area contributed by atoms with Gasteiger partial charge in [-0.3, -0.25) is 9.79 Å². The molecule has 0 spiro atoms. The quantitative estimate of drug-likeness (QED) is 0.526. The molecule has 6 heteroatoms. The van der Waals surface area contributed by atoms with E-state index in [-0.39, 0.29) is 11.7 Å². The Morgan fingerprint density at radius 1 is 1.00 bits per heavy atom. The molecule has 5 nitrogen and oxygen atoms in total. The zero-order chi connectivity index (χ0) is 18.8. The fourth-order valence-corrected chi connectivity index (χ4v) is 2.53. The minimum atomic E-state index is -0.223. The van der Waals surface area contributed by atoms with Crippen LogP contribution in [0.1, 0.15) is 21.5 Å². The molecule has 26 heavy (non-hydrogen) atoms. The van der Waals surface area contributed by atoms with Crippen molar-refractivity contribution in [1.82, 2.24) is 16.0 Å². The van der Waals surface area contributed by atoms with Crippen molar-refractivity contribution in [1.29, 1.82) is 0 Å². The summed E-state index contributed by atoms with van der Waals surface area (Å²) in [7, 11) is 3.34. The number of hydrogen-bond donors (Lipinski definition) is 3. The van der Waals surface area contributed by atoms with Crippen LogP contribution in [-0.2, 0) is 12.8 Å². The summed E-state index contributed by atoms with van der Waals surface area (Å²) in [4.78, 5) is 15.9. The maximum atomic E-state index is 12.9. The Balaban J connectivity index is 1.75. The van der Waals surface area contributed by atoms with Gasteiger partial charge >= 0.3 is 0 Å². The molecule has 2 rings (SSSR count). The summed E-state index contributed by atoms with van der Waals surface area (Å²) in [6.45, 7) is 1.41. The van der Waals surface area contributed by atoms with Gasteiger partial charge in [0.05, 0.1) is 0 Å². The first-order valence-corrected chi connectivity index (χ1v) is 8.62. The molecule has 0 fully saturated rings. The summed E-state index contributed by atoms with van der Waals surface area (Å²) in [6, 6.07) is 14.1. The lowest BCUT2D eigenvalue weighted by Gasteiger charge is -2.12. The number of benzene rings is 2. The minimum absolute atomic E-state index is 0.0851.